The van der Waals surface area contributed by atoms with Crippen LogP contribution in [0, 0.1) is 11.3 Å². The molecule has 2 rings (SSSR count). The molecule has 0 bridgehead atoms. The molecule has 0 aliphatic carbocycles. The summed E-state index contributed by atoms with van der Waals surface area (Å²) in [5, 5.41) is 14.9. The predicted molar refractivity (Wildman–Crippen MR) is 67.3 cm³/mol. The van der Waals surface area contributed by atoms with Crippen molar-refractivity contribution in [2.75, 3.05) is 11.3 Å². The standard InChI is InChI=1S/C10H10N6O3S/c1-2-19-10-13-9(14-15-10)16-20(17,18)8-4-3-5-12-7(8)6-11/h3-5H,2H2,1H3,(H2,13,14,15,16). The van der Waals surface area contributed by atoms with E-state index in [4.69, 9.17) is 10.00 Å². The third-order valence-corrected chi connectivity index (χ3v) is 3.51. The number of aromatic amines is 1. The number of sulfonamides is 1. The number of anilines is 1. The van der Waals surface area contributed by atoms with E-state index in [2.05, 4.69) is 24.9 Å². The quantitative estimate of drug-likeness (QED) is 0.808. The third kappa shape index (κ3) is 2.83. The third-order valence-electron chi connectivity index (χ3n) is 2.14. The van der Waals surface area contributed by atoms with Gasteiger partial charge in [-0.1, -0.05) is 0 Å². The SMILES string of the molecule is CCOc1n[nH]c(NS(=O)(=O)c2cccnc2C#N)n1. The van der Waals surface area contributed by atoms with E-state index >= 15 is 0 Å². The Bertz CT molecular complexity index is 748. The second kappa shape index (κ2) is 5.54. The number of pyridine rings is 1. The van der Waals surface area contributed by atoms with Crippen molar-refractivity contribution in [3.05, 3.63) is 24.0 Å². The summed E-state index contributed by atoms with van der Waals surface area (Å²) in [5.41, 5.74) is -0.204. The average Bonchev–Trinajstić information content (AvgIpc) is 2.85. The maximum atomic E-state index is 12.1. The zero-order valence-corrected chi connectivity index (χ0v) is 11.2. The molecule has 2 aromatic rings. The summed E-state index contributed by atoms with van der Waals surface area (Å²) in [5.74, 6) is -0.110. The van der Waals surface area contributed by atoms with Crippen molar-refractivity contribution < 1.29 is 13.2 Å². The number of hydrogen-bond acceptors (Lipinski definition) is 7. The minimum Gasteiger partial charge on any atom is -0.463 e. The van der Waals surface area contributed by atoms with E-state index in [-0.39, 0.29) is 22.5 Å². The van der Waals surface area contributed by atoms with Gasteiger partial charge < -0.3 is 4.74 Å². The summed E-state index contributed by atoms with van der Waals surface area (Å²) in [6, 6.07) is 4.43. The van der Waals surface area contributed by atoms with Crippen LogP contribution in [0.1, 0.15) is 12.6 Å². The minimum absolute atomic E-state index is 0.0249. The van der Waals surface area contributed by atoms with Gasteiger partial charge in [0, 0.05) is 6.20 Å². The van der Waals surface area contributed by atoms with Crippen LogP contribution >= 0.6 is 0 Å². The van der Waals surface area contributed by atoms with Gasteiger partial charge in [0.05, 0.1) is 6.61 Å². The lowest BCUT2D eigenvalue weighted by Crippen LogP contribution is -2.16. The fraction of sp³-hybridized carbons (Fsp3) is 0.200. The maximum absolute atomic E-state index is 12.1. The first-order valence-corrected chi connectivity index (χ1v) is 6.98. The van der Waals surface area contributed by atoms with Crippen LogP contribution in [0.25, 0.3) is 0 Å². The fourth-order valence-electron chi connectivity index (χ4n) is 1.36. The molecule has 0 spiro atoms. The summed E-state index contributed by atoms with van der Waals surface area (Å²) < 4.78 is 31.4. The van der Waals surface area contributed by atoms with Gasteiger partial charge in [-0.05, 0) is 19.1 Å². The Labute approximate surface area is 114 Å². The number of aromatic nitrogens is 4. The highest BCUT2D eigenvalue weighted by Gasteiger charge is 2.21. The summed E-state index contributed by atoms with van der Waals surface area (Å²) in [4.78, 5) is 7.23. The lowest BCUT2D eigenvalue weighted by molar-refractivity contribution is 0.314. The number of nitrogens with zero attached hydrogens (tertiary/aromatic N) is 4. The van der Waals surface area contributed by atoms with Gasteiger partial charge in [0.15, 0.2) is 5.69 Å². The Balaban J connectivity index is 2.29. The Hall–Kier alpha value is -2.67. The second-order valence-corrected chi connectivity index (χ2v) is 5.12. The second-order valence-electron chi connectivity index (χ2n) is 3.47. The van der Waals surface area contributed by atoms with Gasteiger partial charge in [-0.25, -0.2) is 23.2 Å². The molecular formula is C10H10N6O3S. The van der Waals surface area contributed by atoms with Gasteiger partial charge in [0.25, 0.3) is 10.0 Å². The van der Waals surface area contributed by atoms with E-state index in [0.717, 1.165) is 0 Å². The lowest BCUT2D eigenvalue weighted by atomic mass is 10.4. The number of ether oxygens (including phenoxy) is 1. The van der Waals surface area contributed by atoms with Crippen LogP contribution in [0.2, 0.25) is 0 Å². The first-order valence-electron chi connectivity index (χ1n) is 5.50. The number of rotatable bonds is 5. The highest BCUT2D eigenvalue weighted by molar-refractivity contribution is 7.92. The van der Waals surface area contributed by atoms with Crippen molar-refractivity contribution in [1.82, 2.24) is 20.2 Å². The molecule has 0 aliphatic heterocycles. The Morgan fingerprint density at radius 2 is 2.35 bits per heavy atom. The number of nitrogens with one attached hydrogen (secondary N) is 2. The summed E-state index contributed by atoms with van der Waals surface area (Å²) in [7, 11) is -3.98. The zero-order chi connectivity index (χ0) is 14.6. The van der Waals surface area contributed by atoms with Gasteiger partial charge in [0.2, 0.25) is 5.95 Å². The summed E-state index contributed by atoms with van der Waals surface area (Å²) in [6.07, 6.45) is 1.33. The molecule has 2 heterocycles. The smallest absolute Gasteiger partial charge is 0.337 e. The van der Waals surface area contributed by atoms with E-state index in [0.29, 0.717) is 6.61 Å². The number of hydrogen-bond donors (Lipinski definition) is 2. The van der Waals surface area contributed by atoms with Crippen molar-refractivity contribution in [1.29, 1.82) is 5.26 Å². The molecule has 9 nitrogen and oxygen atoms in total. The van der Waals surface area contributed by atoms with Gasteiger partial charge >= 0.3 is 6.01 Å². The Morgan fingerprint density at radius 3 is 3.05 bits per heavy atom. The highest BCUT2D eigenvalue weighted by Crippen LogP contribution is 2.16. The monoisotopic (exact) mass is 294 g/mol. The van der Waals surface area contributed by atoms with E-state index < -0.39 is 10.0 Å². The van der Waals surface area contributed by atoms with E-state index in [9.17, 15) is 8.42 Å². The van der Waals surface area contributed by atoms with Gasteiger partial charge in [0.1, 0.15) is 11.0 Å². The summed E-state index contributed by atoms with van der Waals surface area (Å²) in [6.45, 7) is 2.10. The van der Waals surface area contributed by atoms with E-state index in [1.54, 1.807) is 13.0 Å². The van der Waals surface area contributed by atoms with Gasteiger partial charge in [-0.3, -0.25) is 0 Å². The lowest BCUT2D eigenvalue weighted by Gasteiger charge is -2.05. The molecular weight excluding hydrogens is 284 g/mol. The largest absolute Gasteiger partial charge is 0.463 e. The number of H-pyrrole nitrogens is 1. The molecule has 0 fully saturated rings. The van der Waals surface area contributed by atoms with Crippen molar-refractivity contribution >= 4 is 16.0 Å². The van der Waals surface area contributed by atoms with Crippen LogP contribution in [0.4, 0.5) is 5.95 Å². The first kappa shape index (κ1) is 13.8. The topological polar surface area (TPSA) is 134 Å². The fourth-order valence-corrected chi connectivity index (χ4v) is 2.43. The van der Waals surface area contributed by atoms with Crippen LogP contribution in [0.15, 0.2) is 23.2 Å². The van der Waals surface area contributed by atoms with Gasteiger partial charge in [-0.2, -0.15) is 10.2 Å². The molecule has 0 atom stereocenters. The first-order chi connectivity index (χ1) is 9.56. The molecule has 0 amide bonds. The van der Waals surface area contributed by atoms with Crippen LogP contribution in [0.5, 0.6) is 6.01 Å². The normalized spacial score (nSPS) is 10.8. The van der Waals surface area contributed by atoms with Crippen molar-refractivity contribution in [2.45, 2.75) is 11.8 Å². The molecule has 2 aromatic heterocycles. The summed E-state index contributed by atoms with van der Waals surface area (Å²) >= 11 is 0. The molecule has 0 saturated heterocycles. The van der Waals surface area contributed by atoms with E-state index in [1.165, 1.54) is 18.3 Å². The molecule has 0 unspecified atom stereocenters. The molecule has 2 N–H and O–H groups in total. The maximum Gasteiger partial charge on any atom is 0.337 e. The Kier molecular flexibility index (Phi) is 3.81. The van der Waals surface area contributed by atoms with Crippen molar-refractivity contribution in [2.24, 2.45) is 0 Å². The van der Waals surface area contributed by atoms with Crippen LogP contribution in [0.3, 0.4) is 0 Å². The number of nitriles is 1. The molecule has 104 valence electrons. The molecule has 0 aromatic carbocycles. The van der Waals surface area contributed by atoms with Crippen molar-refractivity contribution in [3.63, 3.8) is 0 Å². The van der Waals surface area contributed by atoms with Gasteiger partial charge in [-0.15, -0.1) is 5.10 Å². The Morgan fingerprint density at radius 1 is 1.55 bits per heavy atom. The molecule has 0 aliphatic rings. The molecule has 20 heavy (non-hydrogen) atoms. The minimum atomic E-state index is -3.98. The highest BCUT2D eigenvalue weighted by atomic mass is 32.2. The van der Waals surface area contributed by atoms with Crippen LogP contribution in [-0.4, -0.2) is 35.2 Å². The molecule has 10 heteroatoms. The average molecular weight is 294 g/mol. The van der Waals surface area contributed by atoms with E-state index in [1.807, 2.05) is 0 Å². The zero-order valence-electron chi connectivity index (χ0n) is 10.4. The predicted octanol–water partition coefficient (Wildman–Crippen LogP) is 0.271. The molecule has 0 radical (unpaired) electrons. The van der Waals surface area contributed by atoms with Crippen molar-refractivity contribution in [3.8, 4) is 12.1 Å². The molecule has 0 saturated carbocycles. The van der Waals surface area contributed by atoms with Crippen LogP contribution in [-0.2, 0) is 10.0 Å². The van der Waals surface area contributed by atoms with Crippen LogP contribution < -0.4 is 9.46 Å².